The molecule has 0 unspecified atom stereocenters. The predicted molar refractivity (Wildman–Crippen MR) is 77.2 cm³/mol. The number of hydrogen-bond acceptors (Lipinski definition) is 1. The van der Waals surface area contributed by atoms with Crippen LogP contribution in [0, 0.1) is 0 Å². The van der Waals surface area contributed by atoms with E-state index in [0.717, 1.165) is 18.4 Å². The summed E-state index contributed by atoms with van der Waals surface area (Å²) in [5.74, 6) is -0.376. The molecule has 3 aliphatic rings. The van der Waals surface area contributed by atoms with Gasteiger partial charge in [0.05, 0.1) is 0 Å². The highest BCUT2D eigenvalue weighted by molar-refractivity contribution is 5.95. The van der Waals surface area contributed by atoms with E-state index in [1.165, 1.54) is 29.6 Å². The van der Waals surface area contributed by atoms with E-state index in [2.05, 4.69) is 18.2 Å². The van der Waals surface area contributed by atoms with Gasteiger partial charge in [-0.25, -0.2) is 0 Å². The molecule has 3 rings (SSSR count). The third-order valence-corrected chi connectivity index (χ3v) is 3.88. The second-order valence-electron chi connectivity index (χ2n) is 5.09. The van der Waals surface area contributed by atoms with Gasteiger partial charge in [-0.15, -0.1) is 0 Å². The molecule has 0 radical (unpaired) electrons. The number of fused-ring (bicyclic) bond motifs is 2. The first-order valence-corrected chi connectivity index (χ1v) is 6.77. The van der Waals surface area contributed by atoms with E-state index < -0.39 is 0 Å². The van der Waals surface area contributed by atoms with Crippen LogP contribution in [-0.4, -0.2) is 5.91 Å². The zero-order valence-electron chi connectivity index (χ0n) is 10.9. The van der Waals surface area contributed by atoms with Crippen LogP contribution in [0.15, 0.2) is 70.4 Å². The Morgan fingerprint density at radius 1 is 1.00 bits per heavy atom. The lowest BCUT2D eigenvalue weighted by Crippen LogP contribution is -2.11. The van der Waals surface area contributed by atoms with Gasteiger partial charge in [0, 0.05) is 5.57 Å². The Bertz CT molecular complexity index is 609. The summed E-state index contributed by atoms with van der Waals surface area (Å²) in [6, 6.07) is 0. The minimum Gasteiger partial charge on any atom is -0.366 e. The second kappa shape index (κ2) is 4.88. The number of carbonyl (C=O) groups excluding carboxylic acids is 1. The Morgan fingerprint density at radius 3 is 2.68 bits per heavy atom. The Balaban J connectivity index is 2.11. The molecule has 0 heterocycles. The highest BCUT2D eigenvalue weighted by atomic mass is 16.1. The maximum absolute atomic E-state index is 11.3. The highest BCUT2D eigenvalue weighted by Gasteiger charge is 2.19. The fourth-order valence-corrected chi connectivity index (χ4v) is 2.87. The molecule has 0 bridgehead atoms. The normalized spacial score (nSPS) is 21.6. The van der Waals surface area contributed by atoms with Gasteiger partial charge < -0.3 is 5.73 Å². The molecule has 0 aliphatic heterocycles. The fraction of sp³-hybridized carbons (Fsp3) is 0.235. The average molecular weight is 251 g/mol. The first-order chi connectivity index (χ1) is 9.25. The predicted octanol–water partition coefficient (Wildman–Crippen LogP) is 3.26. The lowest BCUT2D eigenvalue weighted by Gasteiger charge is -2.20. The van der Waals surface area contributed by atoms with Gasteiger partial charge in [-0.2, -0.15) is 0 Å². The third-order valence-electron chi connectivity index (χ3n) is 3.88. The first-order valence-electron chi connectivity index (χ1n) is 6.77. The van der Waals surface area contributed by atoms with E-state index in [4.69, 9.17) is 5.73 Å². The Kier molecular flexibility index (Phi) is 3.08. The number of nitrogens with two attached hydrogens (primary N) is 1. The number of primary amides is 1. The zero-order valence-corrected chi connectivity index (χ0v) is 10.9. The Morgan fingerprint density at radius 2 is 1.84 bits per heavy atom. The number of allylic oxidation sites excluding steroid dienone is 10. The van der Waals surface area contributed by atoms with E-state index in [-0.39, 0.29) is 5.91 Å². The monoisotopic (exact) mass is 251 g/mol. The molecule has 19 heavy (non-hydrogen) atoms. The average Bonchev–Trinajstić information content (AvgIpc) is 2.70. The van der Waals surface area contributed by atoms with Crippen LogP contribution < -0.4 is 5.73 Å². The lowest BCUT2D eigenvalue weighted by atomic mass is 9.85. The second-order valence-corrected chi connectivity index (χ2v) is 5.09. The lowest BCUT2D eigenvalue weighted by molar-refractivity contribution is -0.114. The van der Waals surface area contributed by atoms with Crippen LogP contribution in [0.25, 0.3) is 0 Å². The zero-order chi connectivity index (χ0) is 13.2. The maximum atomic E-state index is 11.3. The van der Waals surface area contributed by atoms with Crippen LogP contribution in [0.5, 0.6) is 0 Å². The van der Waals surface area contributed by atoms with Crippen molar-refractivity contribution >= 4 is 5.91 Å². The van der Waals surface area contributed by atoms with Crippen molar-refractivity contribution in [2.24, 2.45) is 5.73 Å². The van der Waals surface area contributed by atoms with E-state index in [9.17, 15) is 4.79 Å². The van der Waals surface area contributed by atoms with Gasteiger partial charge in [0.15, 0.2) is 0 Å². The van der Waals surface area contributed by atoms with Gasteiger partial charge in [-0.05, 0) is 60.1 Å². The molecule has 3 aliphatic carbocycles. The molecule has 0 fully saturated rings. The van der Waals surface area contributed by atoms with Crippen molar-refractivity contribution in [1.29, 1.82) is 0 Å². The van der Waals surface area contributed by atoms with Crippen molar-refractivity contribution in [3.63, 3.8) is 0 Å². The summed E-state index contributed by atoms with van der Waals surface area (Å²) in [4.78, 5) is 11.3. The molecule has 96 valence electrons. The molecule has 2 nitrogen and oxygen atoms in total. The quantitative estimate of drug-likeness (QED) is 0.763. The summed E-state index contributed by atoms with van der Waals surface area (Å²) in [5.41, 5.74) is 11.2. The standard InChI is InChI=1S/C17H17NO/c18-17(19)14-9-8-13-6-3-5-12-4-1-2-7-15(12)16(13)11-10-14/h3,5-6,8-11H,1-2,4,7H2,(H2,18,19). The molecular weight excluding hydrogens is 234 g/mol. The van der Waals surface area contributed by atoms with Crippen LogP contribution in [0.2, 0.25) is 0 Å². The summed E-state index contributed by atoms with van der Waals surface area (Å²) in [7, 11) is 0. The van der Waals surface area contributed by atoms with E-state index in [0.29, 0.717) is 5.57 Å². The number of hydrogen-bond donors (Lipinski definition) is 1. The van der Waals surface area contributed by atoms with E-state index >= 15 is 0 Å². The van der Waals surface area contributed by atoms with Crippen LogP contribution in [0.3, 0.4) is 0 Å². The molecule has 0 saturated carbocycles. The number of amides is 1. The van der Waals surface area contributed by atoms with Crippen molar-refractivity contribution in [2.45, 2.75) is 25.7 Å². The van der Waals surface area contributed by atoms with Crippen molar-refractivity contribution in [2.75, 3.05) is 0 Å². The van der Waals surface area contributed by atoms with E-state index in [1.807, 2.05) is 18.2 Å². The summed E-state index contributed by atoms with van der Waals surface area (Å²) in [6.07, 6.45) is 18.9. The summed E-state index contributed by atoms with van der Waals surface area (Å²) in [6.45, 7) is 0. The molecule has 2 N–H and O–H groups in total. The van der Waals surface area contributed by atoms with Gasteiger partial charge in [-0.3, -0.25) is 4.79 Å². The number of rotatable bonds is 1. The van der Waals surface area contributed by atoms with Crippen molar-refractivity contribution in [1.82, 2.24) is 0 Å². The van der Waals surface area contributed by atoms with Gasteiger partial charge >= 0.3 is 0 Å². The maximum Gasteiger partial charge on any atom is 0.248 e. The van der Waals surface area contributed by atoms with Gasteiger partial charge in [0.2, 0.25) is 5.91 Å². The third kappa shape index (κ3) is 2.26. The minimum atomic E-state index is -0.376. The molecule has 0 spiro atoms. The molecule has 1 amide bonds. The Hall–Kier alpha value is -2.09. The van der Waals surface area contributed by atoms with E-state index in [1.54, 1.807) is 6.08 Å². The summed E-state index contributed by atoms with van der Waals surface area (Å²) >= 11 is 0. The van der Waals surface area contributed by atoms with Crippen LogP contribution in [0.4, 0.5) is 0 Å². The SMILES string of the molecule is NC(=O)C1=CC=C2C(=CC=CC3=C2CCCC3)C=C1. The molecule has 0 aromatic rings. The highest BCUT2D eigenvalue weighted by Crippen LogP contribution is 2.37. The summed E-state index contributed by atoms with van der Waals surface area (Å²) < 4.78 is 0. The van der Waals surface area contributed by atoms with Crippen molar-refractivity contribution in [3.05, 3.63) is 70.4 Å². The molecule has 0 aromatic carbocycles. The van der Waals surface area contributed by atoms with Gasteiger partial charge in [0.1, 0.15) is 0 Å². The molecule has 2 heteroatoms. The van der Waals surface area contributed by atoms with Gasteiger partial charge in [0.25, 0.3) is 0 Å². The smallest absolute Gasteiger partial charge is 0.248 e. The molecule has 0 aromatic heterocycles. The van der Waals surface area contributed by atoms with Crippen molar-refractivity contribution < 1.29 is 4.79 Å². The largest absolute Gasteiger partial charge is 0.366 e. The van der Waals surface area contributed by atoms with Crippen LogP contribution in [0.1, 0.15) is 25.7 Å². The van der Waals surface area contributed by atoms with Crippen molar-refractivity contribution in [3.8, 4) is 0 Å². The molecular formula is C17H17NO. The Labute approximate surface area is 113 Å². The summed E-state index contributed by atoms with van der Waals surface area (Å²) in [5, 5.41) is 0. The molecule has 0 atom stereocenters. The fourth-order valence-electron chi connectivity index (χ4n) is 2.87. The molecule has 0 saturated heterocycles. The van der Waals surface area contributed by atoms with Crippen LogP contribution >= 0.6 is 0 Å². The minimum absolute atomic E-state index is 0.376. The number of carbonyl (C=O) groups is 1. The first kappa shape index (κ1) is 12.0. The van der Waals surface area contributed by atoms with Gasteiger partial charge in [-0.1, -0.05) is 30.4 Å². The van der Waals surface area contributed by atoms with Crippen LogP contribution in [-0.2, 0) is 4.79 Å². The topological polar surface area (TPSA) is 43.1 Å².